The van der Waals surface area contributed by atoms with Crippen LogP contribution in [-0.4, -0.2) is 37.1 Å². The third-order valence-electron chi connectivity index (χ3n) is 5.21. The first-order valence-electron chi connectivity index (χ1n) is 8.28. The molecule has 18 heavy (non-hydrogen) atoms. The molecule has 1 heterocycles. The standard InChI is InChI=1S/C16H32N2/c1-3-14-7-9-16(10-8-14)18(4-2)13-15-6-5-11-17-12-15/h14-17H,3-13H2,1-2H3. The number of nitrogens with zero attached hydrogens (tertiary/aromatic N) is 1. The average molecular weight is 252 g/mol. The summed E-state index contributed by atoms with van der Waals surface area (Å²) in [5.74, 6) is 1.93. The first kappa shape index (κ1) is 14.3. The van der Waals surface area contributed by atoms with Gasteiger partial charge in [-0.2, -0.15) is 0 Å². The fraction of sp³-hybridized carbons (Fsp3) is 1.00. The molecule has 1 atom stereocenters. The summed E-state index contributed by atoms with van der Waals surface area (Å²) in [6.45, 7) is 9.78. The Morgan fingerprint density at radius 1 is 1.00 bits per heavy atom. The van der Waals surface area contributed by atoms with Crippen molar-refractivity contribution in [3.63, 3.8) is 0 Å². The second kappa shape index (κ2) is 7.49. The highest BCUT2D eigenvalue weighted by Gasteiger charge is 2.26. The molecule has 0 aromatic carbocycles. The van der Waals surface area contributed by atoms with E-state index in [-0.39, 0.29) is 0 Å². The van der Waals surface area contributed by atoms with E-state index >= 15 is 0 Å². The average Bonchev–Trinajstić information content (AvgIpc) is 2.46. The fourth-order valence-corrected chi connectivity index (χ4v) is 3.87. The molecule has 2 heteroatoms. The minimum atomic E-state index is 0.889. The molecule has 0 radical (unpaired) electrons. The fourth-order valence-electron chi connectivity index (χ4n) is 3.87. The van der Waals surface area contributed by atoms with Crippen molar-refractivity contribution in [3.05, 3.63) is 0 Å². The maximum Gasteiger partial charge on any atom is 0.00954 e. The summed E-state index contributed by atoms with van der Waals surface area (Å²) in [5, 5.41) is 3.56. The van der Waals surface area contributed by atoms with Crippen LogP contribution in [-0.2, 0) is 0 Å². The molecule has 0 spiro atoms. The lowest BCUT2D eigenvalue weighted by molar-refractivity contribution is 0.115. The summed E-state index contributed by atoms with van der Waals surface area (Å²) in [4.78, 5) is 2.78. The van der Waals surface area contributed by atoms with E-state index in [2.05, 4.69) is 24.1 Å². The maximum absolute atomic E-state index is 3.56. The van der Waals surface area contributed by atoms with Crippen LogP contribution < -0.4 is 5.32 Å². The number of nitrogens with one attached hydrogen (secondary N) is 1. The number of hydrogen-bond acceptors (Lipinski definition) is 2. The van der Waals surface area contributed by atoms with E-state index < -0.39 is 0 Å². The molecule has 106 valence electrons. The van der Waals surface area contributed by atoms with Gasteiger partial charge in [-0.15, -0.1) is 0 Å². The van der Waals surface area contributed by atoms with E-state index in [1.165, 1.54) is 71.1 Å². The monoisotopic (exact) mass is 252 g/mol. The van der Waals surface area contributed by atoms with Gasteiger partial charge < -0.3 is 10.2 Å². The van der Waals surface area contributed by atoms with Crippen molar-refractivity contribution in [2.24, 2.45) is 11.8 Å². The van der Waals surface area contributed by atoms with Crippen LogP contribution in [0, 0.1) is 11.8 Å². The predicted molar refractivity (Wildman–Crippen MR) is 78.9 cm³/mol. The summed E-state index contributed by atoms with van der Waals surface area (Å²) >= 11 is 0. The van der Waals surface area contributed by atoms with Gasteiger partial charge in [0.2, 0.25) is 0 Å². The Labute approximate surface area is 114 Å². The topological polar surface area (TPSA) is 15.3 Å². The Bertz CT molecular complexity index is 215. The lowest BCUT2D eigenvalue weighted by atomic mass is 9.83. The van der Waals surface area contributed by atoms with Crippen LogP contribution >= 0.6 is 0 Å². The molecule has 1 aliphatic carbocycles. The van der Waals surface area contributed by atoms with Crippen molar-refractivity contribution >= 4 is 0 Å². The minimum absolute atomic E-state index is 0.889. The summed E-state index contributed by atoms with van der Waals surface area (Å²) in [6.07, 6.45) is 10.1. The molecule has 1 aliphatic heterocycles. The van der Waals surface area contributed by atoms with E-state index in [0.29, 0.717) is 0 Å². The lowest BCUT2D eigenvalue weighted by Crippen LogP contribution is -2.44. The molecular weight excluding hydrogens is 220 g/mol. The van der Waals surface area contributed by atoms with Crippen LogP contribution in [0.3, 0.4) is 0 Å². The molecule has 0 aromatic rings. The molecule has 1 saturated heterocycles. The van der Waals surface area contributed by atoms with Crippen LogP contribution in [0.25, 0.3) is 0 Å². The van der Waals surface area contributed by atoms with E-state index in [1.807, 2.05) is 0 Å². The Morgan fingerprint density at radius 3 is 2.33 bits per heavy atom. The van der Waals surface area contributed by atoms with E-state index in [1.54, 1.807) is 0 Å². The van der Waals surface area contributed by atoms with E-state index in [4.69, 9.17) is 0 Å². The lowest BCUT2D eigenvalue weighted by Gasteiger charge is -2.38. The van der Waals surface area contributed by atoms with Crippen molar-refractivity contribution in [1.82, 2.24) is 10.2 Å². The van der Waals surface area contributed by atoms with Gasteiger partial charge in [0, 0.05) is 12.6 Å². The van der Waals surface area contributed by atoms with Gasteiger partial charge in [0.1, 0.15) is 0 Å². The van der Waals surface area contributed by atoms with Gasteiger partial charge in [0.15, 0.2) is 0 Å². The van der Waals surface area contributed by atoms with Gasteiger partial charge in [-0.05, 0) is 70.0 Å². The van der Waals surface area contributed by atoms with Gasteiger partial charge in [0.25, 0.3) is 0 Å². The molecule has 2 aliphatic rings. The van der Waals surface area contributed by atoms with Gasteiger partial charge in [-0.25, -0.2) is 0 Å². The van der Waals surface area contributed by atoms with Gasteiger partial charge in [-0.1, -0.05) is 20.3 Å². The second-order valence-corrected chi connectivity index (χ2v) is 6.38. The zero-order valence-corrected chi connectivity index (χ0v) is 12.5. The van der Waals surface area contributed by atoms with Crippen molar-refractivity contribution in [2.45, 2.75) is 64.8 Å². The smallest absolute Gasteiger partial charge is 0.00954 e. The first-order valence-corrected chi connectivity index (χ1v) is 8.28. The zero-order valence-electron chi connectivity index (χ0n) is 12.5. The molecule has 0 bridgehead atoms. The highest BCUT2D eigenvalue weighted by molar-refractivity contribution is 4.81. The Morgan fingerprint density at radius 2 is 1.78 bits per heavy atom. The highest BCUT2D eigenvalue weighted by atomic mass is 15.2. The largest absolute Gasteiger partial charge is 0.316 e. The summed E-state index contributed by atoms with van der Waals surface area (Å²) in [5.41, 5.74) is 0. The third kappa shape index (κ3) is 3.96. The summed E-state index contributed by atoms with van der Waals surface area (Å²) < 4.78 is 0. The van der Waals surface area contributed by atoms with Crippen LogP contribution in [0.2, 0.25) is 0 Å². The number of piperidine rings is 1. The van der Waals surface area contributed by atoms with E-state index in [9.17, 15) is 0 Å². The SMILES string of the molecule is CCC1CCC(N(CC)CC2CCCNC2)CC1. The van der Waals surface area contributed by atoms with Crippen molar-refractivity contribution < 1.29 is 0 Å². The second-order valence-electron chi connectivity index (χ2n) is 6.38. The predicted octanol–water partition coefficient (Wildman–Crippen LogP) is 3.28. The van der Waals surface area contributed by atoms with Crippen LogP contribution in [0.5, 0.6) is 0 Å². The van der Waals surface area contributed by atoms with Crippen LogP contribution in [0.4, 0.5) is 0 Å². The molecule has 0 amide bonds. The van der Waals surface area contributed by atoms with Crippen LogP contribution in [0.15, 0.2) is 0 Å². The molecular formula is C16H32N2. The Kier molecular flexibility index (Phi) is 5.97. The van der Waals surface area contributed by atoms with E-state index in [0.717, 1.165) is 17.9 Å². The van der Waals surface area contributed by atoms with Crippen molar-refractivity contribution in [1.29, 1.82) is 0 Å². The van der Waals surface area contributed by atoms with Gasteiger partial charge in [0.05, 0.1) is 0 Å². The third-order valence-corrected chi connectivity index (χ3v) is 5.21. The Hall–Kier alpha value is -0.0800. The van der Waals surface area contributed by atoms with Gasteiger partial charge >= 0.3 is 0 Å². The summed E-state index contributed by atoms with van der Waals surface area (Å²) in [6, 6.07) is 0.889. The maximum atomic E-state index is 3.56. The molecule has 2 fully saturated rings. The molecule has 2 nitrogen and oxygen atoms in total. The molecule has 1 unspecified atom stereocenters. The minimum Gasteiger partial charge on any atom is -0.316 e. The molecule has 1 saturated carbocycles. The Balaban J connectivity index is 1.77. The summed E-state index contributed by atoms with van der Waals surface area (Å²) in [7, 11) is 0. The highest BCUT2D eigenvalue weighted by Crippen LogP contribution is 2.30. The molecule has 0 aromatic heterocycles. The first-order chi connectivity index (χ1) is 8.83. The quantitative estimate of drug-likeness (QED) is 0.808. The van der Waals surface area contributed by atoms with Crippen LogP contribution in [0.1, 0.15) is 58.8 Å². The molecule has 1 N–H and O–H groups in total. The number of hydrogen-bond donors (Lipinski definition) is 1. The van der Waals surface area contributed by atoms with Gasteiger partial charge in [-0.3, -0.25) is 0 Å². The zero-order chi connectivity index (χ0) is 12.8. The molecule has 2 rings (SSSR count). The number of rotatable bonds is 5. The van der Waals surface area contributed by atoms with Crippen molar-refractivity contribution in [3.8, 4) is 0 Å². The normalized spacial score (nSPS) is 33.8. The van der Waals surface area contributed by atoms with Crippen molar-refractivity contribution in [2.75, 3.05) is 26.2 Å².